The van der Waals surface area contributed by atoms with Gasteiger partial charge in [-0.1, -0.05) is 6.07 Å². The van der Waals surface area contributed by atoms with Gasteiger partial charge in [0.2, 0.25) is 0 Å². The largest absolute Gasteiger partial charge is 0.508 e. The molecule has 0 saturated heterocycles. The molecule has 0 bridgehead atoms. The topological polar surface area (TPSA) is 37.5 Å². The van der Waals surface area contributed by atoms with Crippen LogP contribution in [0.5, 0.6) is 5.75 Å². The number of hydrogen-bond donors (Lipinski definition) is 1. The number of hydrogen-bond acceptors (Lipinski definition) is 2. The van der Waals surface area contributed by atoms with Crippen molar-refractivity contribution in [3.8, 4) is 17.1 Å². The van der Waals surface area contributed by atoms with E-state index in [-0.39, 0.29) is 5.75 Å². The zero-order chi connectivity index (χ0) is 12.7. The van der Waals surface area contributed by atoms with Crippen molar-refractivity contribution in [2.45, 2.75) is 6.92 Å². The van der Waals surface area contributed by atoms with E-state index in [1.165, 1.54) is 5.56 Å². The molecule has 0 amide bonds. The number of phenols is 1. The lowest BCUT2D eigenvalue weighted by Crippen LogP contribution is -1.89. The van der Waals surface area contributed by atoms with Crippen LogP contribution in [0, 0.1) is 6.92 Å². The van der Waals surface area contributed by atoms with Crippen LogP contribution in [0.1, 0.15) is 5.56 Å². The van der Waals surface area contributed by atoms with Crippen LogP contribution in [0.2, 0.25) is 0 Å². The van der Waals surface area contributed by atoms with E-state index in [1.54, 1.807) is 12.1 Å². The van der Waals surface area contributed by atoms with Crippen LogP contribution < -0.4 is 0 Å². The van der Waals surface area contributed by atoms with Gasteiger partial charge in [-0.05, 0) is 58.7 Å². The number of benzene rings is 1. The van der Waals surface area contributed by atoms with Crippen molar-refractivity contribution >= 4 is 21.4 Å². The standard InChI is InChI=1S/C14H11BrN2O/c1-9-2-7-12-13(15)16-14(17(12)8-9)10-3-5-11(18)6-4-10/h2-8,18H,1H3. The van der Waals surface area contributed by atoms with Crippen LogP contribution in [0.3, 0.4) is 0 Å². The van der Waals surface area contributed by atoms with E-state index in [0.29, 0.717) is 0 Å². The van der Waals surface area contributed by atoms with Crippen molar-refractivity contribution in [2.24, 2.45) is 0 Å². The van der Waals surface area contributed by atoms with Crippen molar-refractivity contribution in [2.75, 3.05) is 0 Å². The zero-order valence-electron chi connectivity index (χ0n) is 9.76. The number of fused-ring (bicyclic) bond motifs is 1. The second-order valence-corrected chi connectivity index (χ2v) is 4.99. The molecule has 3 aromatic rings. The Bertz CT molecular complexity index is 716. The summed E-state index contributed by atoms with van der Waals surface area (Å²) in [6, 6.07) is 11.1. The van der Waals surface area contributed by atoms with Gasteiger partial charge in [-0.25, -0.2) is 4.98 Å². The van der Waals surface area contributed by atoms with Gasteiger partial charge in [0.05, 0.1) is 5.52 Å². The number of nitrogens with zero attached hydrogens (tertiary/aromatic N) is 2. The quantitative estimate of drug-likeness (QED) is 0.743. The first-order chi connectivity index (χ1) is 8.65. The number of aromatic nitrogens is 2. The lowest BCUT2D eigenvalue weighted by atomic mass is 10.2. The first-order valence-corrected chi connectivity index (χ1v) is 6.38. The Labute approximate surface area is 113 Å². The molecule has 0 aliphatic heterocycles. The Morgan fingerprint density at radius 2 is 1.83 bits per heavy atom. The molecule has 0 aliphatic rings. The summed E-state index contributed by atoms with van der Waals surface area (Å²) in [6.45, 7) is 2.05. The SMILES string of the molecule is Cc1ccc2c(Br)nc(-c3ccc(O)cc3)n2c1. The predicted octanol–water partition coefficient (Wildman–Crippen LogP) is 3.78. The zero-order valence-corrected chi connectivity index (χ0v) is 11.3. The minimum atomic E-state index is 0.259. The summed E-state index contributed by atoms with van der Waals surface area (Å²) in [5, 5.41) is 9.33. The van der Waals surface area contributed by atoms with Crippen molar-refractivity contribution < 1.29 is 5.11 Å². The summed E-state index contributed by atoms with van der Waals surface area (Å²) in [6.07, 6.45) is 2.05. The lowest BCUT2D eigenvalue weighted by molar-refractivity contribution is 0.475. The number of halogens is 1. The van der Waals surface area contributed by atoms with Crippen LogP contribution in [-0.2, 0) is 0 Å². The maximum atomic E-state index is 9.33. The maximum absolute atomic E-state index is 9.33. The van der Waals surface area contributed by atoms with Crippen molar-refractivity contribution in [1.29, 1.82) is 0 Å². The van der Waals surface area contributed by atoms with Gasteiger partial charge in [-0.2, -0.15) is 0 Å². The van der Waals surface area contributed by atoms with Gasteiger partial charge < -0.3 is 5.11 Å². The normalized spacial score (nSPS) is 11.0. The molecule has 0 atom stereocenters. The molecule has 3 rings (SSSR count). The summed E-state index contributed by atoms with van der Waals surface area (Å²) in [4.78, 5) is 4.53. The fraction of sp³-hybridized carbons (Fsp3) is 0.0714. The molecule has 4 heteroatoms. The van der Waals surface area contributed by atoms with Gasteiger partial charge in [-0.3, -0.25) is 4.40 Å². The number of imidazole rings is 1. The molecule has 0 aliphatic carbocycles. The molecule has 0 fully saturated rings. The average molecular weight is 303 g/mol. The Morgan fingerprint density at radius 3 is 2.56 bits per heavy atom. The monoisotopic (exact) mass is 302 g/mol. The molecule has 3 nitrogen and oxygen atoms in total. The Morgan fingerprint density at radius 1 is 1.11 bits per heavy atom. The van der Waals surface area contributed by atoms with Gasteiger partial charge in [0, 0.05) is 11.8 Å². The fourth-order valence-corrected chi connectivity index (χ4v) is 2.46. The van der Waals surface area contributed by atoms with E-state index in [0.717, 1.165) is 21.5 Å². The molecule has 0 radical (unpaired) electrons. The molecule has 1 N–H and O–H groups in total. The highest BCUT2D eigenvalue weighted by Crippen LogP contribution is 2.27. The molecule has 0 spiro atoms. The van der Waals surface area contributed by atoms with Gasteiger partial charge in [0.25, 0.3) is 0 Å². The summed E-state index contributed by atoms with van der Waals surface area (Å²) in [5.74, 6) is 1.12. The van der Waals surface area contributed by atoms with Crippen LogP contribution in [0.25, 0.3) is 16.9 Å². The third kappa shape index (κ3) is 1.78. The third-order valence-electron chi connectivity index (χ3n) is 2.87. The van der Waals surface area contributed by atoms with Crippen molar-refractivity contribution in [3.05, 3.63) is 52.8 Å². The third-order valence-corrected chi connectivity index (χ3v) is 3.45. The van der Waals surface area contributed by atoms with Crippen LogP contribution >= 0.6 is 15.9 Å². The molecule has 0 unspecified atom stereocenters. The lowest BCUT2D eigenvalue weighted by Gasteiger charge is -2.02. The summed E-state index contributed by atoms with van der Waals surface area (Å²) < 4.78 is 2.87. The highest BCUT2D eigenvalue weighted by Gasteiger charge is 2.10. The maximum Gasteiger partial charge on any atom is 0.145 e. The van der Waals surface area contributed by atoms with E-state index >= 15 is 0 Å². The Kier molecular flexibility index (Phi) is 2.59. The smallest absolute Gasteiger partial charge is 0.145 e. The van der Waals surface area contributed by atoms with Crippen LogP contribution in [0.4, 0.5) is 0 Å². The highest BCUT2D eigenvalue weighted by molar-refractivity contribution is 9.10. The van der Waals surface area contributed by atoms with Gasteiger partial charge in [-0.15, -0.1) is 0 Å². The van der Waals surface area contributed by atoms with Gasteiger partial charge >= 0.3 is 0 Å². The molecule has 2 heterocycles. The number of aromatic hydroxyl groups is 1. The number of rotatable bonds is 1. The molecule has 18 heavy (non-hydrogen) atoms. The molecular formula is C14H11BrN2O. The number of phenolic OH excluding ortho intramolecular Hbond substituents is 1. The first kappa shape index (κ1) is 11.3. The highest BCUT2D eigenvalue weighted by atomic mass is 79.9. The fourth-order valence-electron chi connectivity index (χ4n) is 1.97. The molecule has 2 aromatic heterocycles. The Balaban J connectivity index is 2.28. The molecule has 90 valence electrons. The summed E-state index contributed by atoms with van der Waals surface area (Å²) in [7, 11) is 0. The van der Waals surface area contributed by atoms with E-state index in [4.69, 9.17) is 0 Å². The first-order valence-electron chi connectivity index (χ1n) is 5.59. The van der Waals surface area contributed by atoms with E-state index in [2.05, 4.69) is 33.2 Å². The second-order valence-electron chi connectivity index (χ2n) is 4.23. The average Bonchev–Trinajstić information content (AvgIpc) is 2.67. The molecular weight excluding hydrogens is 292 g/mol. The van der Waals surface area contributed by atoms with Crippen LogP contribution in [-0.4, -0.2) is 14.5 Å². The second kappa shape index (κ2) is 4.14. The summed E-state index contributed by atoms with van der Waals surface area (Å²) in [5.41, 5.74) is 3.18. The van der Waals surface area contributed by atoms with Gasteiger partial charge in [0.15, 0.2) is 0 Å². The summed E-state index contributed by atoms with van der Waals surface area (Å²) >= 11 is 3.47. The van der Waals surface area contributed by atoms with Gasteiger partial charge in [0.1, 0.15) is 16.2 Å². The van der Waals surface area contributed by atoms with Crippen molar-refractivity contribution in [3.63, 3.8) is 0 Å². The van der Waals surface area contributed by atoms with E-state index in [1.807, 2.05) is 29.5 Å². The molecule has 1 aromatic carbocycles. The van der Waals surface area contributed by atoms with Crippen molar-refractivity contribution in [1.82, 2.24) is 9.38 Å². The van der Waals surface area contributed by atoms with E-state index in [9.17, 15) is 5.11 Å². The number of pyridine rings is 1. The van der Waals surface area contributed by atoms with E-state index < -0.39 is 0 Å². The number of aryl methyl sites for hydroxylation is 1. The predicted molar refractivity (Wildman–Crippen MR) is 74.7 cm³/mol. The Hall–Kier alpha value is -1.81. The minimum Gasteiger partial charge on any atom is -0.508 e. The van der Waals surface area contributed by atoms with Crippen LogP contribution in [0.15, 0.2) is 47.2 Å². The molecule has 0 saturated carbocycles. The minimum absolute atomic E-state index is 0.259.